The summed E-state index contributed by atoms with van der Waals surface area (Å²) in [4.78, 5) is 18.0. The minimum Gasteiger partial charge on any atom is -0.396 e. The van der Waals surface area contributed by atoms with Crippen molar-refractivity contribution in [2.75, 3.05) is 19.7 Å². The van der Waals surface area contributed by atoms with Crippen molar-refractivity contribution in [1.82, 2.24) is 9.88 Å². The first kappa shape index (κ1) is 12.3. The molecular formula is C12H15ClN2O2. The molecule has 2 heterocycles. The summed E-state index contributed by atoms with van der Waals surface area (Å²) in [6.07, 6.45) is 0.861. The molecular weight excluding hydrogens is 240 g/mol. The van der Waals surface area contributed by atoms with E-state index < -0.39 is 0 Å². The van der Waals surface area contributed by atoms with Crippen molar-refractivity contribution < 1.29 is 9.90 Å². The van der Waals surface area contributed by atoms with Crippen LogP contribution in [0.2, 0.25) is 5.15 Å². The highest BCUT2D eigenvalue weighted by Gasteiger charge is 2.26. The Labute approximate surface area is 105 Å². The second-order valence-corrected chi connectivity index (χ2v) is 4.80. The topological polar surface area (TPSA) is 53.4 Å². The van der Waals surface area contributed by atoms with E-state index in [0.29, 0.717) is 23.8 Å². The maximum absolute atomic E-state index is 12.2. The van der Waals surface area contributed by atoms with Gasteiger partial charge < -0.3 is 10.0 Å². The minimum absolute atomic E-state index is 0.0339. The molecule has 0 aromatic carbocycles. The predicted molar refractivity (Wildman–Crippen MR) is 65.1 cm³/mol. The number of pyridine rings is 1. The second-order valence-electron chi connectivity index (χ2n) is 4.41. The van der Waals surface area contributed by atoms with E-state index >= 15 is 0 Å². The number of hydrogen-bond acceptors (Lipinski definition) is 3. The number of aliphatic hydroxyl groups excluding tert-OH is 1. The fourth-order valence-electron chi connectivity index (χ4n) is 2.10. The lowest BCUT2D eigenvalue weighted by molar-refractivity contribution is 0.0781. The van der Waals surface area contributed by atoms with Crippen molar-refractivity contribution >= 4 is 17.5 Å². The van der Waals surface area contributed by atoms with Crippen LogP contribution in [0, 0.1) is 12.8 Å². The van der Waals surface area contributed by atoms with Gasteiger partial charge in [-0.05, 0) is 25.5 Å². The first-order valence-corrected chi connectivity index (χ1v) is 6.02. The molecule has 92 valence electrons. The third-order valence-electron chi connectivity index (χ3n) is 3.00. The van der Waals surface area contributed by atoms with Gasteiger partial charge in [0.15, 0.2) is 0 Å². The zero-order chi connectivity index (χ0) is 12.4. The van der Waals surface area contributed by atoms with Gasteiger partial charge in [-0.3, -0.25) is 4.79 Å². The summed E-state index contributed by atoms with van der Waals surface area (Å²) < 4.78 is 0. The molecule has 5 heteroatoms. The monoisotopic (exact) mass is 254 g/mol. The quantitative estimate of drug-likeness (QED) is 0.814. The highest BCUT2D eigenvalue weighted by molar-refractivity contribution is 6.29. The molecule has 1 amide bonds. The van der Waals surface area contributed by atoms with Crippen molar-refractivity contribution in [2.45, 2.75) is 13.3 Å². The molecule has 1 aliphatic heterocycles. The van der Waals surface area contributed by atoms with Gasteiger partial charge in [0.05, 0.1) is 0 Å². The fraction of sp³-hybridized carbons (Fsp3) is 0.500. The number of carbonyl (C=O) groups is 1. The average Bonchev–Trinajstić information content (AvgIpc) is 2.75. The average molecular weight is 255 g/mol. The van der Waals surface area contributed by atoms with E-state index in [0.717, 1.165) is 12.1 Å². The Kier molecular flexibility index (Phi) is 3.64. The number of halogens is 1. The summed E-state index contributed by atoms with van der Waals surface area (Å²) in [6.45, 7) is 3.26. The predicted octanol–water partition coefficient (Wildman–Crippen LogP) is 1.50. The Hall–Kier alpha value is -1.13. The molecule has 0 bridgehead atoms. The molecule has 1 saturated heterocycles. The Morgan fingerprint density at radius 3 is 3.00 bits per heavy atom. The first-order chi connectivity index (χ1) is 8.10. The van der Waals surface area contributed by atoms with Crippen molar-refractivity contribution in [3.63, 3.8) is 0 Å². The number of aromatic nitrogens is 1. The maximum atomic E-state index is 12.2. The SMILES string of the molecule is Cc1cc(C(=O)N2CCC(CO)C2)cc(Cl)n1. The van der Waals surface area contributed by atoms with Crippen LogP contribution in [0.15, 0.2) is 12.1 Å². The lowest BCUT2D eigenvalue weighted by Crippen LogP contribution is -2.29. The van der Waals surface area contributed by atoms with Crippen LogP contribution in [0.5, 0.6) is 0 Å². The lowest BCUT2D eigenvalue weighted by atomic mass is 10.1. The number of likely N-dealkylation sites (tertiary alicyclic amines) is 1. The summed E-state index contributed by atoms with van der Waals surface area (Å²) >= 11 is 5.83. The first-order valence-electron chi connectivity index (χ1n) is 5.64. The summed E-state index contributed by atoms with van der Waals surface area (Å²) in [5, 5.41) is 9.39. The molecule has 1 N–H and O–H groups in total. The Balaban J connectivity index is 2.14. The maximum Gasteiger partial charge on any atom is 0.254 e. The standard InChI is InChI=1S/C12H15ClN2O2/c1-8-4-10(5-11(13)14-8)12(17)15-3-2-9(6-15)7-16/h4-5,9,16H,2-3,6-7H2,1H3. The third kappa shape index (κ3) is 2.76. The summed E-state index contributed by atoms with van der Waals surface area (Å²) in [6, 6.07) is 3.32. The Bertz CT molecular complexity index is 416. The van der Waals surface area contributed by atoms with E-state index in [4.69, 9.17) is 16.7 Å². The second kappa shape index (κ2) is 5.02. The van der Waals surface area contributed by atoms with Gasteiger partial charge in [0.2, 0.25) is 0 Å². The number of aliphatic hydroxyl groups is 1. The molecule has 1 aromatic heterocycles. The molecule has 0 radical (unpaired) electrons. The number of carbonyl (C=O) groups excluding carboxylic acids is 1. The van der Waals surface area contributed by atoms with Crippen molar-refractivity contribution in [1.29, 1.82) is 0 Å². The van der Waals surface area contributed by atoms with Crippen LogP contribution in [-0.2, 0) is 0 Å². The summed E-state index contributed by atoms with van der Waals surface area (Å²) in [5.74, 6) is 0.172. The molecule has 0 aliphatic carbocycles. The van der Waals surface area contributed by atoms with Gasteiger partial charge in [0.25, 0.3) is 5.91 Å². The largest absolute Gasteiger partial charge is 0.396 e. The van der Waals surface area contributed by atoms with Gasteiger partial charge in [-0.1, -0.05) is 11.6 Å². The number of aryl methyl sites for hydroxylation is 1. The van der Waals surface area contributed by atoms with Gasteiger partial charge >= 0.3 is 0 Å². The van der Waals surface area contributed by atoms with Crippen LogP contribution >= 0.6 is 11.6 Å². The molecule has 0 spiro atoms. The van der Waals surface area contributed by atoms with Crippen molar-refractivity contribution in [2.24, 2.45) is 5.92 Å². The fourth-order valence-corrected chi connectivity index (χ4v) is 2.35. The molecule has 1 unspecified atom stereocenters. The van der Waals surface area contributed by atoms with Crippen LogP contribution in [0.3, 0.4) is 0 Å². The highest BCUT2D eigenvalue weighted by atomic mass is 35.5. The van der Waals surface area contributed by atoms with Crippen LogP contribution in [0.25, 0.3) is 0 Å². The van der Waals surface area contributed by atoms with E-state index in [1.807, 2.05) is 6.92 Å². The van der Waals surface area contributed by atoms with Gasteiger partial charge in [-0.2, -0.15) is 0 Å². The molecule has 2 rings (SSSR count). The van der Waals surface area contributed by atoms with Crippen LogP contribution < -0.4 is 0 Å². The van der Waals surface area contributed by atoms with E-state index in [-0.39, 0.29) is 18.4 Å². The summed E-state index contributed by atoms with van der Waals surface area (Å²) in [7, 11) is 0. The van der Waals surface area contributed by atoms with Crippen molar-refractivity contribution in [3.8, 4) is 0 Å². The van der Waals surface area contributed by atoms with Crippen molar-refractivity contribution in [3.05, 3.63) is 28.5 Å². The highest BCUT2D eigenvalue weighted by Crippen LogP contribution is 2.19. The van der Waals surface area contributed by atoms with Crippen LogP contribution in [0.1, 0.15) is 22.5 Å². The van der Waals surface area contributed by atoms with Gasteiger partial charge in [-0.15, -0.1) is 0 Å². The Morgan fingerprint density at radius 2 is 2.41 bits per heavy atom. The molecule has 4 nitrogen and oxygen atoms in total. The molecule has 1 aliphatic rings. The van der Waals surface area contributed by atoms with E-state index in [1.54, 1.807) is 17.0 Å². The van der Waals surface area contributed by atoms with Crippen LogP contribution in [0.4, 0.5) is 0 Å². The molecule has 1 fully saturated rings. The molecule has 1 atom stereocenters. The smallest absolute Gasteiger partial charge is 0.254 e. The van der Waals surface area contributed by atoms with Crippen LogP contribution in [-0.4, -0.2) is 40.6 Å². The number of nitrogens with zero attached hydrogens (tertiary/aromatic N) is 2. The normalized spacial score (nSPS) is 19.7. The molecule has 1 aromatic rings. The molecule has 17 heavy (non-hydrogen) atoms. The minimum atomic E-state index is -0.0339. The van der Waals surface area contributed by atoms with E-state index in [1.165, 1.54) is 0 Å². The summed E-state index contributed by atoms with van der Waals surface area (Å²) in [5.41, 5.74) is 1.31. The molecule has 0 saturated carbocycles. The number of rotatable bonds is 2. The van der Waals surface area contributed by atoms with E-state index in [9.17, 15) is 4.79 Å². The zero-order valence-electron chi connectivity index (χ0n) is 9.69. The van der Waals surface area contributed by atoms with E-state index in [2.05, 4.69) is 4.98 Å². The number of amides is 1. The Morgan fingerprint density at radius 1 is 1.65 bits per heavy atom. The van der Waals surface area contributed by atoms with Gasteiger partial charge in [0, 0.05) is 36.9 Å². The zero-order valence-corrected chi connectivity index (χ0v) is 10.4. The van der Waals surface area contributed by atoms with Gasteiger partial charge in [0.1, 0.15) is 5.15 Å². The lowest BCUT2D eigenvalue weighted by Gasteiger charge is -2.16. The third-order valence-corrected chi connectivity index (χ3v) is 3.19. The number of hydrogen-bond donors (Lipinski definition) is 1. The van der Waals surface area contributed by atoms with Gasteiger partial charge in [-0.25, -0.2) is 4.98 Å².